The van der Waals surface area contributed by atoms with Crippen molar-refractivity contribution in [2.75, 3.05) is 25.0 Å². The van der Waals surface area contributed by atoms with Crippen molar-refractivity contribution in [2.45, 2.75) is 26.7 Å². The summed E-state index contributed by atoms with van der Waals surface area (Å²) < 4.78 is 7.57. The number of piperidine rings is 1. The number of nitrogens with one attached hydrogen (secondary N) is 3. The van der Waals surface area contributed by atoms with Gasteiger partial charge in [-0.3, -0.25) is 19.5 Å². The van der Waals surface area contributed by atoms with Gasteiger partial charge in [0.1, 0.15) is 17.8 Å². The van der Waals surface area contributed by atoms with Crippen LogP contribution in [-0.2, 0) is 0 Å². The van der Waals surface area contributed by atoms with Gasteiger partial charge in [0.15, 0.2) is 5.69 Å². The Morgan fingerprint density at radius 2 is 1.97 bits per heavy atom. The first-order chi connectivity index (χ1) is 17.4. The van der Waals surface area contributed by atoms with Crippen molar-refractivity contribution in [3.63, 3.8) is 0 Å². The largest absolute Gasteiger partial charge is 0.493 e. The van der Waals surface area contributed by atoms with E-state index in [2.05, 4.69) is 25.6 Å². The average Bonchev–Trinajstić information content (AvgIpc) is 3.47. The number of aromatic amines is 1. The Bertz CT molecular complexity index is 1430. The summed E-state index contributed by atoms with van der Waals surface area (Å²) in [7, 11) is 0. The number of carbonyl (C=O) groups is 2. The minimum atomic E-state index is -0.788. The minimum Gasteiger partial charge on any atom is -0.493 e. The molecular formula is C26H29N7O3. The fourth-order valence-corrected chi connectivity index (χ4v) is 4.57. The first-order valence-corrected chi connectivity index (χ1v) is 12.0. The predicted molar refractivity (Wildman–Crippen MR) is 137 cm³/mol. The molecule has 3 heterocycles. The van der Waals surface area contributed by atoms with E-state index in [0.29, 0.717) is 18.0 Å². The zero-order valence-electron chi connectivity index (χ0n) is 20.3. The molecule has 2 aromatic heterocycles. The first kappa shape index (κ1) is 23.6. The van der Waals surface area contributed by atoms with Crippen molar-refractivity contribution in [3.8, 4) is 11.4 Å². The van der Waals surface area contributed by atoms with Crippen LogP contribution in [-0.4, -0.2) is 51.0 Å². The molecule has 0 bridgehead atoms. The summed E-state index contributed by atoms with van der Waals surface area (Å²) in [5.41, 5.74) is 9.60. The van der Waals surface area contributed by atoms with Crippen LogP contribution in [0.2, 0.25) is 0 Å². The van der Waals surface area contributed by atoms with E-state index in [1.165, 1.54) is 6.33 Å². The number of imidazole rings is 2. The highest BCUT2D eigenvalue weighted by Gasteiger charge is 2.25. The molecule has 5 N–H and O–H groups in total. The van der Waals surface area contributed by atoms with E-state index in [-0.39, 0.29) is 17.3 Å². The van der Waals surface area contributed by atoms with E-state index in [9.17, 15) is 9.59 Å². The molecule has 10 heteroatoms. The summed E-state index contributed by atoms with van der Waals surface area (Å²) in [5.74, 6) is 0.187. The molecule has 1 saturated heterocycles. The van der Waals surface area contributed by atoms with Gasteiger partial charge in [-0.2, -0.15) is 0 Å². The smallest absolute Gasteiger partial charge is 0.277 e. The maximum absolute atomic E-state index is 13.3. The zero-order valence-corrected chi connectivity index (χ0v) is 20.3. The number of fused-ring (bicyclic) bond motifs is 1. The molecule has 2 aromatic carbocycles. The van der Waals surface area contributed by atoms with Crippen molar-refractivity contribution < 1.29 is 14.3 Å². The van der Waals surface area contributed by atoms with E-state index in [1.807, 2.05) is 50.2 Å². The molecule has 1 aliphatic heterocycles. The second kappa shape index (κ2) is 9.82. The molecule has 0 aliphatic carbocycles. The molecule has 5 rings (SSSR count). The molecule has 0 unspecified atom stereocenters. The Balaban J connectivity index is 1.38. The molecule has 0 radical (unpaired) electrons. The van der Waals surface area contributed by atoms with Gasteiger partial charge in [0.2, 0.25) is 5.95 Å². The van der Waals surface area contributed by atoms with Crippen molar-refractivity contribution in [3.05, 3.63) is 65.2 Å². The number of hydrogen-bond acceptors (Lipinski definition) is 6. The highest BCUT2D eigenvalue weighted by molar-refractivity contribution is 6.10. The topological polar surface area (TPSA) is 140 Å². The van der Waals surface area contributed by atoms with Crippen LogP contribution in [0.1, 0.15) is 44.9 Å². The van der Waals surface area contributed by atoms with Crippen LogP contribution < -0.4 is 21.1 Å². The molecule has 36 heavy (non-hydrogen) atoms. The van der Waals surface area contributed by atoms with E-state index in [1.54, 1.807) is 4.57 Å². The molecule has 0 saturated carbocycles. The summed E-state index contributed by atoms with van der Waals surface area (Å²) in [4.78, 5) is 37.1. The number of rotatable bonds is 7. The molecule has 0 atom stereocenters. The maximum Gasteiger partial charge on any atom is 0.277 e. The number of nitrogens with two attached hydrogens (primary N) is 1. The quantitative estimate of drug-likeness (QED) is 0.316. The van der Waals surface area contributed by atoms with Crippen molar-refractivity contribution in [2.24, 2.45) is 11.7 Å². The van der Waals surface area contributed by atoms with Gasteiger partial charge >= 0.3 is 0 Å². The summed E-state index contributed by atoms with van der Waals surface area (Å²) in [5, 5.41) is 6.11. The summed E-state index contributed by atoms with van der Waals surface area (Å²) in [6.45, 7) is 6.63. The van der Waals surface area contributed by atoms with Gasteiger partial charge in [-0.15, -0.1) is 0 Å². The summed E-state index contributed by atoms with van der Waals surface area (Å²) in [6.07, 6.45) is 3.64. The molecule has 186 valence electrons. The zero-order chi connectivity index (χ0) is 25.2. The number of benzene rings is 2. The highest BCUT2D eigenvalue weighted by atomic mass is 16.5. The number of primary amides is 1. The third kappa shape index (κ3) is 4.80. The van der Waals surface area contributed by atoms with Gasteiger partial charge < -0.3 is 20.8 Å². The van der Waals surface area contributed by atoms with E-state index < -0.39 is 11.8 Å². The van der Waals surface area contributed by atoms with Crippen LogP contribution >= 0.6 is 0 Å². The molecule has 4 aromatic rings. The highest BCUT2D eigenvalue weighted by Crippen LogP contribution is 2.24. The first-order valence-electron chi connectivity index (χ1n) is 12.0. The molecule has 0 spiro atoms. The summed E-state index contributed by atoms with van der Waals surface area (Å²) >= 11 is 0. The van der Waals surface area contributed by atoms with Gasteiger partial charge in [0.25, 0.3) is 11.8 Å². The van der Waals surface area contributed by atoms with Crippen LogP contribution in [0.4, 0.5) is 5.95 Å². The predicted octanol–water partition coefficient (Wildman–Crippen LogP) is 3.10. The van der Waals surface area contributed by atoms with Crippen molar-refractivity contribution in [1.29, 1.82) is 0 Å². The van der Waals surface area contributed by atoms with Gasteiger partial charge in [-0.25, -0.2) is 9.97 Å². The lowest BCUT2D eigenvalue weighted by molar-refractivity contribution is 0.0970. The Labute approximate surface area is 208 Å². The fourth-order valence-electron chi connectivity index (χ4n) is 4.57. The average molecular weight is 488 g/mol. The Morgan fingerprint density at radius 3 is 2.72 bits per heavy atom. The van der Waals surface area contributed by atoms with Crippen LogP contribution in [0.5, 0.6) is 5.75 Å². The Kier molecular flexibility index (Phi) is 6.43. The molecule has 1 aliphatic rings. The number of ether oxygens (including phenoxy) is 1. The Hall–Kier alpha value is -4.18. The van der Waals surface area contributed by atoms with Crippen molar-refractivity contribution >= 4 is 28.8 Å². The lowest BCUT2D eigenvalue weighted by Crippen LogP contribution is -2.30. The van der Waals surface area contributed by atoms with Gasteiger partial charge in [0.05, 0.1) is 23.3 Å². The molecule has 10 nitrogen and oxygen atoms in total. The SMILES string of the molecule is Cc1ccc(-n2cnc(C(N)=O)c2C(=O)Nc2nc3ccc(OCC4CCNCC4)cc3[nH]2)c(C)c1. The lowest BCUT2D eigenvalue weighted by atomic mass is 9.99. The molecule has 1 fully saturated rings. The Morgan fingerprint density at radius 1 is 1.17 bits per heavy atom. The van der Waals surface area contributed by atoms with Gasteiger partial charge in [0, 0.05) is 6.07 Å². The normalized spacial score (nSPS) is 14.2. The van der Waals surface area contributed by atoms with E-state index in [0.717, 1.165) is 54.0 Å². The number of amides is 2. The maximum atomic E-state index is 13.3. The van der Waals surface area contributed by atoms with E-state index in [4.69, 9.17) is 10.5 Å². The number of aryl methyl sites for hydroxylation is 2. The minimum absolute atomic E-state index is 0.0425. The number of H-pyrrole nitrogens is 1. The van der Waals surface area contributed by atoms with Gasteiger partial charge in [-0.1, -0.05) is 17.7 Å². The number of anilines is 1. The van der Waals surface area contributed by atoms with E-state index >= 15 is 0 Å². The number of nitrogens with zero attached hydrogens (tertiary/aromatic N) is 3. The van der Waals surface area contributed by atoms with Crippen LogP contribution in [0.3, 0.4) is 0 Å². The van der Waals surface area contributed by atoms with Crippen LogP contribution in [0.25, 0.3) is 16.7 Å². The summed E-state index contributed by atoms with van der Waals surface area (Å²) in [6, 6.07) is 11.4. The van der Waals surface area contributed by atoms with Crippen LogP contribution in [0.15, 0.2) is 42.7 Å². The van der Waals surface area contributed by atoms with Gasteiger partial charge in [-0.05, 0) is 69.5 Å². The number of aromatic nitrogens is 4. The third-order valence-electron chi connectivity index (χ3n) is 6.46. The standard InChI is InChI=1S/C26H29N7O3/c1-15-3-6-21(16(2)11-15)33-14-29-22(24(27)34)23(33)25(35)32-26-30-19-5-4-18(12-20(19)31-26)36-13-17-7-9-28-10-8-17/h3-6,11-12,14,17,28H,7-10,13H2,1-2H3,(H2,27,34)(H2,30,31,32,35). The molecule has 2 amide bonds. The third-order valence-corrected chi connectivity index (χ3v) is 6.46. The number of hydrogen-bond donors (Lipinski definition) is 4. The monoisotopic (exact) mass is 487 g/mol. The second-order valence-corrected chi connectivity index (χ2v) is 9.19. The molecular weight excluding hydrogens is 458 g/mol. The second-order valence-electron chi connectivity index (χ2n) is 9.19. The number of carbonyl (C=O) groups excluding carboxylic acids is 2. The lowest BCUT2D eigenvalue weighted by Gasteiger charge is -2.22. The fraction of sp³-hybridized carbons (Fsp3) is 0.308. The van der Waals surface area contributed by atoms with Crippen LogP contribution in [0, 0.1) is 19.8 Å². The van der Waals surface area contributed by atoms with Crippen molar-refractivity contribution in [1.82, 2.24) is 24.8 Å².